The van der Waals surface area contributed by atoms with Gasteiger partial charge in [0.25, 0.3) is 0 Å². The summed E-state index contributed by atoms with van der Waals surface area (Å²) in [5.41, 5.74) is 5.52. The Morgan fingerprint density at radius 3 is 2.11 bits per heavy atom. The van der Waals surface area contributed by atoms with Crippen LogP contribution >= 0.6 is 0 Å². The molecule has 0 aliphatic heterocycles. The first-order chi connectivity index (χ1) is 7.97. The minimum absolute atomic E-state index is 0.0560. The third-order valence-electron chi connectivity index (χ3n) is 2.72. The number of alkyl halides is 3. The molecule has 18 heavy (non-hydrogen) atoms. The van der Waals surface area contributed by atoms with Crippen molar-refractivity contribution in [2.24, 2.45) is 11.1 Å². The maximum absolute atomic E-state index is 12.3. The third kappa shape index (κ3) is 6.83. The summed E-state index contributed by atoms with van der Waals surface area (Å²) in [6, 6.07) is -0.447. The zero-order chi connectivity index (χ0) is 14.6. The van der Waals surface area contributed by atoms with Crippen molar-refractivity contribution in [3.05, 3.63) is 0 Å². The van der Waals surface area contributed by atoms with Crippen molar-refractivity contribution in [3.63, 3.8) is 0 Å². The molecule has 0 aromatic carbocycles. The predicted octanol–water partition coefficient (Wildman–Crippen LogP) is 2.55. The largest absolute Gasteiger partial charge is 0.406 e. The molecule has 0 saturated carbocycles. The van der Waals surface area contributed by atoms with Crippen molar-refractivity contribution in [2.75, 3.05) is 13.1 Å². The Morgan fingerprint density at radius 2 is 1.78 bits per heavy atom. The van der Waals surface area contributed by atoms with E-state index >= 15 is 0 Å². The van der Waals surface area contributed by atoms with Crippen molar-refractivity contribution in [1.82, 2.24) is 4.90 Å². The van der Waals surface area contributed by atoms with Gasteiger partial charge in [-0.05, 0) is 11.8 Å². The van der Waals surface area contributed by atoms with Crippen molar-refractivity contribution in [2.45, 2.75) is 52.8 Å². The van der Waals surface area contributed by atoms with E-state index in [4.69, 9.17) is 5.73 Å². The van der Waals surface area contributed by atoms with Crippen LogP contribution in [0.25, 0.3) is 0 Å². The van der Waals surface area contributed by atoms with Gasteiger partial charge in [-0.25, -0.2) is 0 Å². The monoisotopic (exact) mass is 268 g/mol. The Kier molecular flexibility index (Phi) is 6.13. The first-order valence-electron chi connectivity index (χ1n) is 6.07. The van der Waals surface area contributed by atoms with Gasteiger partial charge in [-0.3, -0.25) is 4.79 Å². The average Bonchev–Trinajstić information content (AvgIpc) is 2.13. The lowest BCUT2D eigenvalue weighted by molar-refractivity contribution is -0.161. The maximum Gasteiger partial charge on any atom is 0.406 e. The van der Waals surface area contributed by atoms with Crippen LogP contribution in [-0.2, 0) is 4.79 Å². The number of carbonyl (C=O) groups excluding carboxylic acids is 1. The van der Waals surface area contributed by atoms with Gasteiger partial charge in [-0.2, -0.15) is 13.2 Å². The van der Waals surface area contributed by atoms with Gasteiger partial charge in [0, 0.05) is 19.0 Å². The molecule has 0 aliphatic rings. The van der Waals surface area contributed by atoms with Gasteiger partial charge in [0.05, 0.1) is 0 Å². The van der Waals surface area contributed by atoms with Crippen LogP contribution < -0.4 is 5.73 Å². The van der Waals surface area contributed by atoms with Crippen LogP contribution in [0, 0.1) is 5.41 Å². The van der Waals surface area contributed by atoms with Crippen LogP contribution in [0.3, 0.4) is 0 Å². The van der Waals surface area contributed by atoms with E-state index in [2.05, 4.69) is 0 Å². The summed E-state index contributed by atoms with van der Waals surface area (Å²) >= 11 is 0. The minimum atomic E-state index is -4.36. The zero-order valence-electron chi connectivity index (χ0n) is 11.5. The third-order valence-corrected chi connectivity index (χ3v) is 2.72. The first-order valence-corrected chi connectivity index (χ1v) is 6.07. The summed E-state index contributed by atoms with van der Waals surface area (Å²) in [7, 11) is 0. The molecule has 0 fully saturated rings. The molecule has 1 atom stereocenters. The zero-order valence-corrected chi connectivity index (χ0v) is 11.5. The van der Waals surface area contributed by atoms with E-state index in [9.17, 15) is 18.0 Å². The van der Waals surface area contributed by atoms with E-state index in [1.807, 2.05) is 20.8 Å². The Bertz CT molecular complexity index is 271. The fourth-order valence-corrected chi connectivity index (χ4v) is 1.40. The number of nitrogens with zero attached hydrogens (tertiary/aromatic N) is 1. The van der Waals surface area contributed by atoms with Gasteiger partial charge >= 0.3 is 6.18 Å². The summed E-state index contributed by atoms with van der Waals surface area (Å²) in [5.74, 6) is -0.531. The molecule has 0 bridgehead atoms. The molecule has 0 spiro atoms. The number of rotatable bonds is 5. The number of carbonyl (C=O) groups is 1. The smallest absolute Gasteiger partial charge is 0.334 e. The summed E-state index contributed by atoms with van der Waals surface area (Å²) in [6.45, 7) is 6.22. The van der Waals surface area contributed by atoms with Crippen molar-refractivity contribution in [3.8, 4) is 0 Å². The van der Waals surface area contributed by atoms with Crippen LogP contribution in [0.2, 0.25) is 0 Å². The Morgan fingerprint density at radius 1 is 1.28 bits per heavy atom. The average molecular weight is 268 g/mol. The number of nitrogens with two attached hydrogens (primary N) is 1. The highest BCUT2D eigenvalue weighted by atomic mass is 19.4. The van der Waals surface area contributed by atoms with Gasteiger partial charge in [-0.1, -0.05) is 27.7 Å². The molecule has 1 unspecified atom stereocenters. The molecule has 0 saturated heterocycles. The molecule has 0 aromatic rings. The highest BCUT2D eigenvalue weighted by Gasteiger charge is 2.34. The van der Waals surface area contributed by atoms with Gasteiger partial charge in [-0.15, -0.1) is 0 Å². The summed E-state index contributed by atoms with van der Waals surface area (Å²) < 4.78 is 37.0. The molecule has 0 rings (SSSR count). The van der Waals surface area contributed by atoms with E-state index in [0.29, 0.717) is 6.42 Å². The Hall–Kier alpha value is -0.780. The van der Waals surface area contributed by atoms with Crippen molar-refractivity contribution in [1.29, 1.82) is 0 Å². The van der Waals surface area contributed by atoms with E-state index in [1.165, 1.54) is 0 Å². The van der Waals surface area contributed by atoms with E-state index < -0.39 is 24.7 Å². The fraction of sp³-hybridized carbons (Fsp3) is 0.917. The van der Waals surface area contributed by atoms with Crippen LogP contribution in [0.4, 0.5) is 13.2 Å². The van der Waals surface area contributed by atoms with Gasteiger partial charge in [0.15, 0.2) is 0 Å². The number of amides is 1. The van der Waals surface area contributed by atoms with Crippen molar-refractivity contribution < 1.29 is 18.0 Å². The van der Waals surface area contributed by atoms with Crippen LogP contribution in [-0.4, -0.2) is 36.1 Å². The molecule has 6 heteroatoms. The second kappa shape index (κ2) is 6.41. The minimum Gasteiger partial charge on any atom is -0.334 e. The Labute approximate surface area is 107 Å². The molecule has 0 aliphatic carbocycles. The Balaban J connectivity index is 4.58. The lowest BCUT2D eigenvalue weighted by atomic mass is 9.85. The van der Waals surface area contributed by atoms with E-state index in [1.54, 1.807) is 6.92 Å². The second-order valence-corrected chi connectivity index (χ2v) is 5.61. The van der Waals surface area contributed by atoms with Crippen LogP contribution in [0.15, 0.2) is 0 Å². The lowest BCUT2D eigenvalue weighted by Crippen LogP contribution is -2.44. The molecule has 108 valence electrons. The number of halogens is 3. The van der Waals surface area contributed by atoms with Crippen LogP contribution in [0.5, 0.6) is 0 Å². The standard InChI is InChI=1S/C12H23F3N2O/c1-5-6-17(8-12(13,14)15)10(18)7-9(16)11(2,3)4/h9H,5-8,16H2,1-4H3. The number of hydrogen-bond acceptors (Lipinski definition) is 2. The predicted molar refractivity (Wildman–Crippen MR) is 65.0 cm³/mol. The van der Waals surface area contributed by atoms with E-state index in [-0.39, 0.29) is 18.4 Å². The molecule has 3 nitrogen and oxygen atoms in total. The molecule has 0 heterocycles. The highest BCUT2D eigenvalue weighted by molar-refractivity contribution is 5.77. The van der Waals surface area contributed by atoms with Crippen LogP contribution in [0.1, 0.15) is 40.5 Å². The van der Waals surface area contributed by atoms with Gasteiger partial charge < -0.3 is 10.6 Å². The molecule has 1 amide bonds. The maximum atomic E-state index is 12.3. The number of hydrogen-bond donors (Lipinski definition) is 1. The van der Waals surface area contributed by atoms with Gasteiger partial charge in [0.2, 0.25) is 5.91 Å². The molecular formula is C12H23F3N2O. The second-order valence-electron chi connectivity index (χ2n) is 5.61. The van der Waals surface area contributed by atoms with Gasteiger partial charge in [0.1, 0.15) is 6.54 Å². The SMILES string of the molecule is CCCN(CC(F)(F)F)C(=O)CC(N)C(C)(C)C. The topological polar surface area (TPSA) is 46.3 Å². The fourth-order valence-electron chi connectivity index (χ4n) is 1.40. The quantitative estimate of drug-likeness (QED) is 0.833. The summed E-state index contributed by atoms with van der Waals surface area (Å²) in [5, 5.41) is 0. The van der Waals surface area contributed by atoms with Crippen molar-refractivity contribution >= 4 is 5.91 Å². The highest BCUT2D eigenvalue weighted by Crippen LogP contribution is 2.22. The molecule has 2 N–H and O–H groups in total. The first kappa shape index (κ1) is 17.2. The molecule has 0 aromatic heterocycles. The normalized spacial score (nSPS) is 14.4. The molecule has 0 radical (unpaired) electrons. The summed E-state index contributed by atoms with van der Waals surface area (Å²) in [6.07, 6.45) is -3.93. The lowest BCUT2D eigenvalue weighted by Gasteiger charge is -2.30. The molecular weight excluding hydrogens is 245 g/mol. The van der Waals surface area contributed by atoms with E-state index in [0.717, 1.165) is 4.90 Å². The summed E-state index contributed by atoms with van der Waals surface area (Å²) in [4.78, 5) is 12.7.